The number of hydrogen-bond donors (Lipinski definition) is 2. The molecule has 4 heteroatoms. The zero-order valence-electron chi connectivity index (χ0n) is 8.51. The van der Waals surface area contributed by atoms with Crippen molar-refractivity contribution in [1.82, 2.24) is 9.55 Å². The third-order valence-electron chi connectivity index (χ3n) is 2.28. The minimum absolute atomic E-state index is 0.231. The van der Waals surface area contributed by atoms with E-state index in [9.17, 15) is 5.11 Å². The molecule has 3 N–H and O–H groups in total. The lowest BCUT2D eigenvalue weighted by molar-refractivity contribution is 0.476. The Morgan fingerprint density at radius 3 is 2.73 bits per heavy atom. The number of benzene rings is 1. The minimum atomic E-state index is 0.231. The highest BCUT2D eigenvalue weighted by molar-refractivity contribution is 5.64. The topological polar surface area (TPSA) is 64.1 Å². The van der Waals surface area contributed by atoms with Crippen LogP contribution in [0.3, 0.4) is 0 Å². The average molecular weight is 203 g/mol. The van der Waals surface area contributed by atoms with Gasteiger partial charge in [-0.05, 0) is 12.1 Å². The van der Waals surface area contributed by atoms with Crippen molar-refractivity contribution in [2.75, 3.05) is 0 Å². The fourth-order valence-corrected chi connectivity index (χ4v) is 1.54. The number of aromatic hydroxyl groups is 1. The number of hydrogen-bond acceptors (Lipinski definition) is 3. The van der Waals surface area contributed by atoms with Gasteiger partial charge in [0.15, 0.2) is 0 Å². The zero-order valence-corrected chi connectivity index (χ0v) is 8.51. The Labute approximate surface area is 88.0 Å². The molecule has 0 aliphatic carbocycles. The van der Waals surface area contributed by atoms with E-state index in [1.165, 1.54) is 0 Å². The first-order chi connectivity index (χ1) is 7.22. The number of para-hydroxylation sites is 1. The summed E-state index contributed by atoms with van der Waals surface area (Å²) in [5, 5.41) is 9.69. The van der Waals surface area contributed by atoms with Crippen LogP contribution in [0.2, 0.25) is 0 Å². The summed E-state index contributed by atoms with van der Waals surface area (Å²) in [7, 11) is 1.88. The van der Waals surface area contributed by atoms with Crippen LogP contribution < -0.4 is 5.73 Å². The zero-order chi connectivity index (χ0) is 10.8. The summed E-state index contributed by atoms with van der Waals surface area (Å²) in [5.41, 5.74) is 7.05. The van der Waals surface area contributed by atoms with Crippen molar-refractivity contribution in [2.24, 2.45) is 12.8 Å². The minimum Gasteiger partial charge on any atom is -0.507 e. The monoisotopic (exact) mass is 203 g/mol. The van der Waals surface area contributed by atoms with Gasteiger partial charge >= 0.3 is 0 Å². The molecule has 78 valence electrons. The predicted octanol–water partition coefficient (Wildman–Crippen LogP) is 1.25. The molecule has 0 unspecified atom stereocenters. The Balaban J connectivity index is 2.54. The van der Waals surface area contributed by atoms with Gasteiger partial charge in [0.25, 0.3) is 0 Å². The molecule has 15 heavy (non-hydrogen) atoms. The maximum absolute atomic E-state index is 9.69. The molecule has 0 aliphatic rings. The third kappa shape index (κ3) is 1.71. The Morgan fingerprint density at radius 2 is 2.13 bits per heavy atom. The van der Waals surface area contributed by atoms with Gasteiger partial charge in [-0.15, -0.1) is 0 Å². The molecule has 0 fully saturated rings. The van der Waals surface area contributed by atoms with Crippen molar-refractivity contribution in [1.29, 1.82) is 0 Å². The molecule has 2 rings (SSSR count). The molecule has 1 heterocycles. The smallest absolute Gasteiger partial charge is 0.143 e. The Hall–Kier alpha value is -1.81. The van der Waals surface area contributed by atoms with Crippen molar-refractivity contribution >= 4 is 0 Å². The second-order valence-corrected chi connectivity index (χ2v) is 3.39. The standard InChI is InChI=1S/C11H13N3O/c1-14-7-8(6-12)13-11(14)9-4-2-3-5-10(9)15/h2-5,7,15H,6,12H2,1H3. The van der Waals surface area contributed by atoms with E-state index in [4.69, 9.17) is 5.73 Å². The Kier molecular flexibility index (Phi) is 2.43. The first kappa shape index (κ1) is 9.73. The van der Waals surface area contributed by atoms with E-state index < -0.39 is 0 Å². The van der Waals surface area contributed by atoms with Gasteiger partial charge in [-0.2, -0.15) is 0 Å². The molecule has 0 saturated carbocycles. The van der Waals surface area contributed by atoms with E-state index >= 15 is 0 Å². The summed E-state index contributed by atoms with van der Waals surface area (Å²) in [6.07, 6.45) is 1.86. The van der Waals surface area contributed by atoms with Gasteiger partial charge in [0.05, 0.1) is 11.3 Å². The molecular formula is C11H13N3O. The molecule has 1 aromatic heterocycles. The lowest BCUT2D eigenvalue weighted by Crippen LogP contribution is -1.95. The van der Waals surface area contributed by atoms with Gasteiger partial charge < -0.3 is 15.4 Å². The summed E-state index contributed by atoms with van der Waals surface area (Å²) >= 11 is 0. The molecule has 2 aromatic rings. The maximum atomic E-state index is 9.69. The van der Waals surface area contributed by atoms with E-state index in [1.54, 1.807) is 12.1 Å². The first-order valence-corrected chi connectivity index (χ1v) is 4.73. The van der Waals surface area contributed by atoms with Crippen molar-refractivity contribution in [3.05, 3.63) is 36.2 Å². The number of nitrogens with two attached hydrogens (primary N) is 1. The van der Waals surface area contributed by atoms with Crippen LogP contribution >= 0.6 is 0 Å². The Morgan fingerprint density at radius 1 is 1.40 bits per heavy atom. The predicted molar refractivity (Wildman–Crippen MR) is 58.2 cm³/mol. The molecule has 0 amide bonds. The van der Waals surface area contributed by atoms with Crippen molar-refractivity contribution in [3.63, 3.8) is 0 Å². The molecule has 0 bridgehead atoms. The van der Waals surface area contributed by atoms with E-state index in [2.05, 4.69) is 4.98 Å². The summed E-state index contributed by atoms with van der Waals surface area (Å²) in [6, 6.07) is 7.13. The van der Waals surface area contributed by atoms with Crippen LogP contribution in [0.25, 0.3) is 11.4 Å². The van der Waals surface area contributed by atoms with Crippen LogP contribution in [0, 0.1) is 0 Å². The van der Waals surface area contributed by atoms with Crippen LogP contribution in [0.5, 0.6) is 5.75 Å². The fraction of sp³-hybridized carbons (Fsp3) is 0.182. The molecule has 0 aliphatic heterocycles. The lowest BCUT2D eigenvalue weighted by atomic mass is 10.2. The quantitative estimate of drug-likeness (QED) is 0.772. The largest absolute Gasteiger partial charge is 0.507 e. The number of rotatable bonds is 2. The van der Waals surface area contributed by atoms with Crippen molar-refractivity contribution < 1.29 is 5.11 Å². The normalized spacial score (nSPS) is 10.5. The molecule has 1 aromatic carbocycles. The first-order valence-electron chi connectivity index (χ1n) is 4.73. The van der Waals surface area contributed by atoms with Gasteiger partial charge in [-0.1, -0.05) is 12.1 Å². The summed E-state index contributed by atoms with van der Waals surface area (Å²) < 4.78 is 1.86. The number of phenols is 1. The van der Waals surface area contributed by atoms with E-state index in [0.29, 0.717) is 6.54 Å². The van der Waals surface area contributed by atoms with E-state index in [1.807, 2.05) is 29.9 Å². The average Bonchev–Trinajstić information content (AvgIpc) is 2.60. The van der Waals surface area contributed by atoms with Gasteiger partial charge in [0.2, 0.25) is 0 Å². The number of aromatic nitrogens is 2. The van der Waals surface area contributed by atoms with Crippen molar-refractivity contribution in [3.8, 4) is 17.1 Å². The van der Waals surface area contributed by atoms with Crippen LogP contribution in [-0.2, 0) is 13.6 Å². The fourth-order valence-electron chi connectivity index (χ4n) is 1.54. The molecule has 0 spiro atoms. The SMILES string of the molecule is Cn1cc(CN)nc1-c1ccccc1O. The lowest BCUT2D eigenvalue weighted by Gasteiger charge is -2.03. The molecule has 4 nitrogen and oxygen atoms in total. The summed E-state index contributed by atoms with van der Waals surface area (Å²) in [6.45, 7) is 0.404. The highest BCUT2D eigenvalue weighted by Crippen LogP contribution is 2.27. The molecule has 0 saturated heterocycles. The Bertz CT molecular complexity index is 476. The van der Waals surface area contributed by atoms with Crippen molar-refractivity contribution in [2.45, 2.75) is 6.54 Å². The molecule has 0 radical (unpaired) electrons. The molecule has 0 atom stereocenters. The third-order valence-corrected chi connectivity index (χ3v) is 2.28. The van der Waals surface area contributed by atoms with Crippen LogP contribution in [-0.4, -0.2) is 14.7 Å². The van der Waals surface area contributed by atoms with Gasteiger partial charge in [0.1, 0.15) is 11.6 Å². The summed E-state index contributed by atoms with van der Waals surface area (Å²) in [4.78, 5) is 4.34. The number of phenolic OH excluding ortho intramolecular Hbond substituents is 1. The van der Waals surface area contributed by atoms with Crippen LogP contribution in [0.15, 0.2) is 30.5 Å². The number of nitrogens with zero attached hydrogens (tertiary/aromatic N) is 2. The van der Waals surface area contributed by atoms with Gasteiger partial charge in [0, 0.05) is 19.8 Å². The van der Waals surface area contributed by atoms with E-state index in [0.717, 1.165) is 17.1 Å². The van der Waals surface area contributed by atoms with Crippen LogP contribution in [0.1, 0.15) is 5.69 Å². The van der Waals surface area contributed by atoms with Gasteiger partial charge in [-0.3, -0.25) is 0 Å². The maximum Gasteiger partial charge on any atom is 0.143 e. The number of aryl methyl sites for hydroxylation is 1. The molecular weight excluding hydrogens is 190 g/mol. The summed E-state index contributed by atoms with van der Waals surface area (Å²) in [5.74, 6) is 0.961. The highest BCUT2D eigenvalue weighted by atomic mass is 16.3. The second kappa shape index (κ2) is 3.74. The van der Waals surface area contributed by atoms with E-state index in [-0.39, 0.29) is 5.75 Å². The second-order valence-electron chi connectivity index (χ2n) is 3.39. The van der Waals surface area contributed by atoms with Gasteiger partial charge in [-0.25, -0.2) is 4.98 Å². The number of imidazole rings is 1. The van der Waals surface area contributed by atoms with Crippen LogP contribution in [0.4, 0.5) is 0 Å². The highest BCUT2D eigenvalue weighted by Gasteiger charge is 2.09.